The van der Waals surface area contributed by atoms with E-state index < -0.39 is 0 Å². The van der Waals surface area contributed by atoms with E-state index in [4.69, 9.17) is 0 Å². The van der Waals surface area contributed by atoms with Gasteiger partial charge in [0.25, 0.3) is 0 Å². The average Bonchev–Trinajstić information content (AvgIpc) is 3.44. The second-order valence-electron chi connectivity index (χ2n) is 7.31. The number of aryl methyl sites for hydroxylation is 1. The molecule has 146 valence electrons. The molecule has 1 aliphatic carbocycles. The highest BCUT2D eigenvalue weighted by Crippen LogP contribution is 2.31. The van der Waals surface area contributed by atoms with Gasteiger partial charge in [-0.3, -0.25) is 5.32 Å². The number of rotatable bonds is 5. The van der Waals surface area contributed by atoms with Gasteiger partial charge in [-0.25, -0.2) is 19.1 Å². The van der Waals surface area contributed by atoms with Gasteiger partial charge in [-0.15, -0.1) is 0 Å². The second kappa shape index (κ2) is 7.84. The summed E-state index contributed by atoms with van der Waals surface area (Å²) in [6.45, 7) is 3.91. The van der Waals surface area contributed by atoms with Crippen LogP contribution < -0.4 is 10.6 Å². The third-order valence-corrected chi connectivity index (χ3v) is 5.19. The van der Waals surface area contributed by atoms with E-state index in [0.717, 1.165) is 35.6 Å². The first-order valence-electron chi connectivity index (χ1n) is 9.69. The number of carbonyl (C=O) groups excluding carboxylic acids is 1. The molecule has 0 aliphatic heterocycles. The van der Waals surface area contributed by atoms with Crippen molar-refractivity contribution in [3.05, 3.63) is 54.2 Å². The molecule has 1 unspecified atom stereocenters. The Balaban J connectivity index is 1.40. The Kier molecular flexibility index (Phi) is 5.10. The summed E-state index contributed by atoms with van der Waals surface area (Å²) in [5.41, 5.74) is 2.85. The standard InChI is InChI=1S/C20H25N7O/c1-14-11-19(27(25-14)18-5-3-4-6-18)24-20(28)23-15(2)16-7-9-17(10-8-16)26-13-21-12-22-26/h7-13,15,18H,3-6H2,1-2H3,(H2,23,24,28). The van der Waals surface area contributed by atoms with Crippen molar-refractivity contribution in [3.63, 3.8) is 0 Å². The van der Waals surface area contributed by atoms with E-state index in [1.165, 1.54) is 19.2 Å². The number of benzene rings is 1. The number of amides is 2. The van der Waals surface area contributed by atoms with Gasteiger partial charge in [0.1, 0.15) is 18.5 Å². The van der Waals surface area contributed by atoms with E-state index >= 15 is 0 Å². The van der Waals surface area contributed by atoms with Gasteiger partial charge >= 0.3 is 6.03 Å². The van der Waals surface area contributed by atoms with Crippen molar-refractivity contribution < 1.29 is 4.79 Å². The average molecular weight is 379 g/mol. The Labute approximate surface area is 164 Å². The van der Waals surface area contributed by atoms with Crippen LogP contribution in [0.5, 0.6) is 0 Å². The summed E-state index contributed by atoms with van der Waals surface area (Å²) in [4.78, 5) is 16.5. The summed E-state index contributed by atoms with van der Waals surface area (Å²) in [6, 6.07) is 9.82. The van der Waals surface area contributed by atoms with E-state index in [1.54, 1.807) is 11.0 Å². The first kappa shape index (κ1) is 18.2. The van der Waals surface area contributed by atoms with Gasteiger partial charge in [-0.2, -0.15) is 10.2 Å². The van der Waals surface area contributed by atoms with Crippen LogP contribution >= 0.6 is 0 Å². The summed E-state index contributed by atoms with van der Waals surface area (Å²) in [6.07, 6.45) is 7.82. The Morgan fingerprint density at radius 1 is 1.21 bits per heavy atom. The maximum atomic E-state index is 12.5. The predicted octanol–water partition coefficient (Wildman–Crippen LogP) is 3.77. The van der Waals surface area contributed by atoms with Gasteiger partial charge in [0.05, 0.1) is 23.5 Å². The second-order valence-corrected chi connectivity index (χ2v) is 7.31. The molecule has 8 heteroatoms. The topological polar surface area (TPSA) is 89.7 Å². The number of urea groups is 1. The van der Waals surface area contributed by atoms with Gasteiger partial charge in [0.15, 0.2) is 0 Å². The molecule has 1 fully saturated rings. The van der Waals surface area contributed by atoms with Crippen molar-refractivity contribution in [2.75, 3.05) is 5.32 Å². The first-order valence-corrected chi connectivity index (χ1v) is 9.69. The molecule has 1 saturated carbocycles. The molecule has 2 heterocycles. The highest BCUT2D eigenvalue weighted by molar-refractivity contribution is 5.88. The van der Waals surface area contributed by atoms with Crippen LogP contribution in [0.1, 0.15) is 55.9 Å². The van der Waals surface area contributed by atoms with Crippen LogP contribution in [0.15, 0.2) is 43.0 Å². The lowest BCUT2D eigenvalue weighted by Gasteiger charge is -2.18. The van der Waals surface area contributed by atoms with Gasteiger partial charge in [-0.1, -0.05) is 25.0 Å². The zero-order valence-corrected chi connectivity index (χ0v) is 16.2. The van der Waals surface area contributed by atoms with Gasteiger partial charge < -0.3 is 5.32 Å². The predicted molar refractivity (Wildman–Crippen MR) is 106 cm³/mol. The number of carbonyl (C=O) groups is 1. The Morgan fingerprint density at radius 3 is 2.64 bits per heavy atom. The minimum absolute atomic E-state index is 0.131. The van der Waals surface area contributed by atoms with Crippen LogP contribution in [-0.2, 0) is 0 Å². The molecule has 2 amide bonds. The SMILES string of the molecule is Cc1cc(NC(=O)NC(C)c2ccc(-n3cncn3)cc2)n(C2CCCC2)n1. The molecule has 1 atom stereocenters. The van der Waals surface area contributed by atoms with Crippen molar-refractivity contribution in [3.8, 4) is 5.69 Å². The summed E-state index contributed by atoms with van der Waals surface area (Å²) in [7, 11) is 0. The minimum Gasteiger partial charge on any atom is -0.331 e. The number of nitrogens with one attached hydrogen (secondary N) is 2. The van der Waals surface area contributed by atoms with Gasteiger partial charge in [-0.05, 0) is 44.4 Å². The molecule has 1 aromatic carbocycles. The summed E-state index contributed by atoms with van der Waals surface area (Å²) >= 11 is 0. The Bertz CT molecular complexity index is 924. The fraction of sp³-hybridized carbons (Fsp3) is 0.400. The fourth-order valence-electron chi connectivity index (χ4n) is 3.73. The largest absolute Gasteiger partial charge is 0.331 e. The van der Waals surface area contributed by atoms with E-state index in [0.29, 0.717) is 6.04 Å². The summed E-state index contributed by atoms with van der Waals surface area (Å²) in [5.74, 6) is 0.760. The molecule has 4 rings (SSSR count). The minimum atomic E-state index is -0.230. The molecule has 0 saturated heterocycles. The van der Waals surface area contributed by atoms with Crippen LogP contribution in [0.3, 0.4) is 0 Å². The van der Waals surface area contributed by atoms with Crippen LogP contribution in [0.4, 0.5) is 10.6 Å². The molecular formula is C20H25N7O. The van der Waals surface area contributed by atoms with Gasteiger partial charge in [0.2, 0.25) is 0 Å². The summed E-state index contributed by atoms with van der Waals surface area (Å²) in [5, 5.41) is 14.7. The highest BCUT2D eigenvalue weighted by atomic mass is 16.2. The fourth-order valence-corrected chi connectivity index (χ4v) is 3.73. The van der Waals surface area contributed by atoms with Crippen molar-refractivity contribution in [1.29, 1.82) is 0 Å². The molecule has 2 N–H and O–H groups in total. The smallest absolute Gasteiger partial charge is 0.320 e. The van der Waals surface area contributed by atoms with Crippen LogP contribution in [-0.4, -0.2) is 30.6 Å². The molecule has 0 radical (unpaired) electrons. The zero-order chi connectivity index (χ0) is 19.5. The zero-order valence-electron chi connectivity index (χ0n) is 16.2. The van der Waals surface area contributed by atoms with Crippen molar-refractivity contribution in [2.45, 2.75) is 51.6 Å². The molecule has 28 heavy (non-hydrogen) atoms. The maximum absolute atomic E-state index is 12.5. The van der Waals surface area contributed by atoms with Crippen molar-refractivity contribution in [1.82, 2.24) is 29.9 Å². The lowest BCUT2D eigenvalue weighted by Crippen LogP contribution is -2.32. The van der Waals surface area contributed by atoms with Crippen LogP contribution in [0.2, 0.25) is 0 Å². The third-order valence-electron chi connectivity index (χ3n) is 5.19. The van der Waals surface area contributed by atoms with E-state index in [1.807, 2.05) is 48.9 Å². The molecular weight excluding hydrogens is 354 g/mol. The molecule has 8 nitrogen and oxygen atoms in total. The first-order chi connectivity index (χ1) is 13.6. The quantitative estimate of drug-likeness (QED) is 0.706. The number of aromatic nitrogens is 5. The van der Waals surface area contributed by atoms with Crippen molar-refractivity contribution >= 4 is 11.8 Å². The maximum Gasteiger partial charge on any atom is 0.320 e. The van der Waals surface area contributed by atoms with E-state index in [-0.39, 0.29) is 12.1 Å². The number of hydrogen-bond acceptors (Lipinski definition) is 4. The van der Waals surface area contributed by atoms with Crippen LogP contribution in [0.25, 0.3) is 5.69 Å². The molecule has 0 bridgehead atoms. The van der Waals surface area contributed by atoms with E-state index in [9.17, 15) is 4.79 Å². The highest BCUT2D eigenvalue weighted by Gasteiger charge is 2.22. The van der Waals surface area contributed by atoms with Crippen LogP contribution in [0, 0.1) is 6.92 Å². The molecule has 0 spiro atoms. The normalized spacial score (nSPS) is 15.5. The van der Waals surface area contributed by atoms with Crippen molar-refractivity contribution in [2.24, 2.45) is 0 Å². The lowest BCUT2D eigenvalue weighted by molar-refractivity contribution is 0.249. The summed E-state index contributed by atoms with van der Waals surface area (Å²) < 4.78 is 3.67. The number of anilines is 1. The third kappa shape index (κ3) is 3.90. The van der Waals surface area contributed by atoms with Gasteiger partial charge in [0, 0.05) is 6.07 Å². The Morgan fingerprint density at radius 2 is 1.96 bits per heavy atom. The number of hydrogen-bond donors (Lipinski definition) is 2. The monoisotopic (exact) mass is 379 g/mol. The molecule has 2 aromatic heterocycles. The molecule has 3 aromatic rings. The van der Waals surface area contributed by atoms with E-state index in [2.05, 4.69) is 25.8 Å². The number of nitrogens with zero attached hydrogens (tertiary/aromatic N) is 5. The Hall–Kier alpha value is -3.16. The molecule has 1 aliphatic rings. The lowest BCUT2D eigenvalue weighted by atomic mass is 10.1.